The second kappa shape index (κ2) is 9.56. The fourth-order valence-corrected chi connectivity index (χ4v) is 3.58. The number of imide groups is 1. The molecule has 1 aliphatic heterocycles. The number of hydrogen-bond donors (Lipinski definition) is 1. The first-order valence-corrected chi connectivity index (χ1v) is 10.6. The third kappa shape index (κ3) is 4.43. The number of anilines is 2. The summed E-state index contributed by atoms with van der Waals surface area (Å²) < 4.78 is 24.9. The minimum atomic E-state index is -0.585. The fourth-order valence-electron chi connectivity index (χ4n) is 3.58. The maximum absolute atomic E-state index is 13.9. The molecule has 7 heteroatoms. The molecule has 0 saturated heterocycles. The van der Waals surface area contributed by atoms with Crippen molar-refractivity contribution >= 4 is 28.8 Å². The first-order valence-electron chi connectivity index (χ1n) is 10.6. The number of ether oxygens (including phenoxy) is 2. The van der Waals surface area contributed by atoms with E-state index in [-0.39, 0.29) is 17.0 Å². The van der Waals surface area contributed by atoms with Gasteiger partial charge in [0.1, 0.15) is 23.0 Å². The molecule has 0 saturated carbocycles. The highest BCUT2D eigenvalue weighted by molar-refractivity contribution is 6.46. The van der Waals surface area contributed by atoms with Crippen molar-refractivity contribution < 1.29 is 23.5 Å². The molecule has 0 fully saturated rings. The average Bonchev–Trinajstić information content (AvgIpc) is 3.07. The number of carbonyl (C=O) groups is 2. The molecule has 1 heterocycles. The van der Waals surface area contributed by atoms with E-state index in [0.29, 0.717) is 29.4 Å². The third-order valence-corrected chi connectivity index (χ3v) is 5.13. The Labute approximate surface area is 191 Å². The number of methoxy groups -OCH3 is 1. The number of nitrogens with zero attached hydrogens (tertiary/aromatic N) is 1. The Morgan fingerprint density at radius 1 is 0.939 bits per heavy atom. The van der Waals surface area contributed by atoms with Gasteiger partial charge in [0.25, 0.3) is 11.8 Å². The third-order valence-electron chi connectivity index (χ3n) is 5.13. The van der Waals surface area contributed by atoms with Gasteiger partial charge >= 0.3 is 0 Å². The molecule has 0 unspecified atom stereocenters. The minimum Gasteiger partial charge on any atom is -0.495 e. The van der Waals surface area contributed by atoms with Crippen molar-refractivity contribution in [1.29, 1.82) is 0 Å². The zero-order valence-corrected chi connectivity index (χ0v) is 18.3. The van der Waals surface area contributed by atoms with Gasteiger partial charge in [-0.1, -0.05) is 37.3 Å². The molecule has 0 spiro atoms. The largest absolute Gasteiger partial charge is 0.495 e. The summed E-state index contributed by atoms with van der Waals surface area (Å²) in [7, 11) is 1.52. The Morgan fingerprint density at radius 3 is 2.39 bits per heavy atom. The van der Waals surface area contributed by atoms with Crippen LogP contribution in [-0.2, 0) is 9.59 Å². The van der Waals surface area contributed by atoms with Crippen LogP contribution in [0.25, 0.3) is 5.57 Å². The Balaban J connectivity index is 1.79. The first kappa shape index (κ1) is 22.1. The van der Waals surface area contributed by atoms with Crippen LogP contribution in [0.5, 0.6) is 11.5 Å². The number of halogens is 1. The smallest absolute Gasteiger partial charge is 0.282 e. The van der Waals surface area contributed by atoms with E-state index in [2.05, 4.69) is 5.32 Å². The Bertz CT molecular complexity index is 1220. The maximum Gasteiger partial charge on any atom is 0.282 e. The van der Waals surface area contributed by atoms with Crippen molar-refractivity contribution in [3.05, 3.63) is 89.9 Å². The van der Waals surface area contributed by atoms with Crippen LogP contribution in [0, 0.1) is 5.82 Å². The summed E-state index contributed by atoms with van der Waals surface area (Å²) in [5.74, 6) is -0.502. The van der Waals surface area contributed by atoms with Gasteiger partial charge in [0.05, 0.1) is 30.7 Å². The predicted octanol–water partition coefficient (Wildman–Crippen LogP) is 5.02. The second-order valence-corrected chi connectivity index (χ2v) is 7.37. The number of benzene rings is 3. The fraction of sp³-hybridized carbons (Fsp3) is 0.154. The molecule has 0 aromatic heterocycles. The molecule has 1 aliphatic rings. The van der Waals surface area contributed by atoms with Crippen molar-refractivity contribution in [3.63, 3.8) is 0 Å². The SMILES string of the molecule is CCCOc1ccc(C2=C(Nc3ccccc3OC)C(=O)N(c3cccc(F)c3)C2=O)cc1. The molecule has 3 aromatic rings. The first-order chi connectivity index (χ1) is 16.0. The summed E-state index contributed by atoms with van der Waals surface area (Å²) >= 11 is 0. The van der Waals surface area contributed by atoms with Gasteiger partial charge in [0.2, 0.25) is 0 Å². The van der Waals surface area contributed by atoms with Crippen molar-refractivity contribution in [2.45, 2.75) is 13.3 Å². The van der Waals surface area contributed by atoms with Crippen LogP contribution in [0.4, 0.5) is 15.8 Å². The monoisotopic (exact) mass is 446 g/mol. The normalized spacial score (nSPS) is 13.5. The molecule has 0 atom stereocenters. The van der Waals surface area contributed by atoms with E-state index < -0.39 is 17.6 Å². The minimum absolute atomic E-state index is 0.0796. The van der Waals surface area contributed by atoms with E-state index in [4.69, 9.17) is 9.47 Å². The lowest BCUT2D eigenvalue weighted by Gasteiger charge is -2.16. The molecule has 0 aliphatic carbocycles. The van der Waals surface area contributed by atoms with Gasteiger partial charge in [0.15, 0.2) is 0 Å². The van der Waals surface area contributed by atoms with Gasteiger partial charge < -0.3 is 14.8 Å². The molecule has 1 N–H and O–H groups in total. The molecule has 6 nitrogen and oxygen atoms in total. The molecule has 33 heavy (non-hydrogen) atoms. The van der Waals surface area contributed by atoms with Crippen LogP contribution in [-0.4, -0.2) is 25.5 Å². The molecular weight excluding hydrogens is 423 g/mol. The summed E-state index contributed by atoms with van der Waals surface area (Å²) in [4.78, 5) is 27.9. The maximum atomic E-state index is 13.9. The predicted molar refractivity (Wildman–Crippen MR) is 125 cm³/mol. The van der Waals surface area contributed by atoms with Crippen molar-refractivity contribution in [1.82, 2.24) is 0 Å². The van der Waals surface area contributed by atoms with E-state index in [9.17, 15) is 14.0 Å². The highest BCUT2D eigenvalue weighted by atomic mass is 19.1. The quantitative estimate of drug-likeness (QED) is 0.492. The van der Waals surface area contributed by atoms with E-state index in [1.807, 2.05) is 6.92 Å². The lowest BCUT2D eigenvalue weighted by atomic mass is 10.0. The number of carbonyl (C=O) groups excluding carboxylic acids is 2. The van der Waals surface area contributed by atoms with E-state index in [1.54, 1.807) is 48.5 Å². The number of nitrogens with one attached hydrogen (secondary N) is 1. The molecule has 3 aromatic carbocycles. The van der Waals surface area contributed by atoms with Crippen LogP contribution >= 0.6 is 0 Å². The summed E-state index contributed by atoms with van der Waals surface area (Å²) in [6, 6.07) is 19.4. The van der Waals surface area contributed by atoms with Crippen LogP contribution in [0.3, 0.4) is 0 Å². The summed E-state index contributed by atoms with van der Waals surface area (Å²) in [6.07, 6.45) is 0.870. The highest BCUT2D eigenvalue weighted by Crippen LogP contribution is 2.36. The van der Waals surface area contributed by atoms with E-state index in [0.717, 1.165) is 17.4 Å². The van der Waals surface area contributed by atoms with Crippen LogP contribution < -0.4 is 19.7 Å². The molecule has 0 radical (unpaired) electrons. The average molecular weight is 446 g/mol. The van der Waals surface area contributed by atoms with Gasteiger partial charge in [0, 0.05) is 0 Å². The van der Waals surface area contributed by atoms with Crippen LogP contribution in [0.15, 0.2) is 78.5 Å². The van der Waals surface area contributed by atoms with Crippen LogP contribution in [0.1, 0.15) is 18.9 Å². The number of amides is 2. The topological polar surface area (TPSA) is 67.9 Å². The Hall–Kier alpha value is -4.13. The molecule has 0 bridgehead atoms. The van der Waals surface area contributed by atoms with Crippen molar-refractivity contribution in [2.24, 2.45) is 0 Å². The van der Waals surface area contributed by atoms with E-state index in [1.165, 1.54) is 25.3 Å². The van der Waals surface area contributed by atoms with Gasteiger partial charge in [-0.25, -0.2) is 9.29 Å². The zero-order valence-electron chi connectivity index (χ0n) is 18.3. The van der Waals surface area contributed by atoms with Gasteiger partial charge in [-0.3, -0.25) is 9.59 Å². The number of hydrogen-bond acceptors (Lipinski definition) is 5. The second-order valence-electron chi connectivity index (χ2n) is 7.37. The lowest BCUT2D eigenvalue weighted by Crippen LogP contribution is -2.32. The molecule has 4 rings (SSSR count). The summed E-state index contributed by atoms with van der Waals surface area (Å²) in [5.41, 5.74) is 1.47. The number of rotatable bonds is 8. The molecule has 168 valence electrons. The van der Waals surface area contributed by atoms with Crippen LogP contribution in [0.2, 0.25) is 0 Å². The lowest BCUT2D eigenvalue weighted by molar-refractivity contribution is -0.120. The standard InChI is InChI=1S/C26H23FN2O4/c1-3-15-33-20-13-11-17(12-14-20)23-24(28-21-9-4-5-10-22(21)32-2)26(31)29(25(23)30)19-8-6-7-18(27)16-19/h4-14,16,28H,3,15H2,1-2H3. The summed E-state index contributed by atoms with van der Waals surface area (Å²) in [6.45, 7) is 2.59. The number of para-hydroxylation sites is 2. The van der Waals surface area contributed by atoms with Crippen molar-refractivity contribution in [3.8, 4) is 11.5 Å². The van der Waals surface area contributed by atoms with Gasteiger partial charge in [-0.2, -0.15) is 0 Å². The summed E-state index contributed by atoms with van der Waals surface area (Å²) in [5, 5.41) is 3.07. The highest BCUT2D eigenvalue weighted by Gasteiger charge is 2.40. The van der Waals surface area contributed by atoms with E-state index >= 15 is 0 Å². The van der Waals surface area contributed by atoms with Crippen molar-refractivity contribution in [2.75, 3.05) is 23.9 Å². The molecular formula is C26H23FN2O4. The van der Waals surface area contributed by atoms with Gasteiger partial charge in [-0.15, -0.1) is 0 Å². The molecule has 2 amide bonds. The zero-order chi connectivity index (χ0) is 23.4. The Kier molecular flexibility index (Phi) is 6.40. The Morgan fingerprint density at radius 2 is 1.70 bits per heavy atom. The van der Waals surface area contributed by atoms with Gasteiger partial charge in [-0.05, 0) is 54.4 Å².